The molecule has 124 valence electrons. The molecule has 0 spiro atoms. The van der Waals surface area contributed by atoms with Crippen LogP contribution in [0, 0.1) is 27.7 Å². The van der Waals surface area contributed by atoms with Gasteiger partial charge in [0.25, 0.3) is 0 Å². The van der Waals surface area contributed by atoms with Gasteiger partial charge in [-0.25, -0.2) is 19.9 Å². The van der Waals surface area contributed by atoms with Gasteiger partial charge in [-0.3, -0.25) is 0 Å². The summed E-state index contributed by atoms with van der Waals surface area (Å²) in [6, 6.07) is 8.06. The fourth-order valence-electron chi connectivity index (χ4n) is 2.92. The molecule has 1 aromatic carbocycles. The number of nitrogens with zero attached hydrogens (tertiary/aromatic N) is 4. The molecule has 0 unspecified atom stereocenters. The minimum absolute atomic E-state index is 0.682. The van der Waals surface area contributed by atoms with E-state index in [2.05, 4.69) is 19.9 Å². The van der Waals surface area contributed by atoms with Crippen LogP contribution in [0.3, 0.4) is 0 Å². The van der Waals surface area contributed by atoms with Gasteiger partial charge in [0.2, 0.25) is 0 Å². The fraction of sp³-hybridized carbons (Fsp3) is 0.368. The first kappa shape index (κ1) is 16.5. The van der Waals surface area contributed by atoms with Crippen LogP contribution in [0.2, 0.25) is 0 Å². The minimum Gasteiger partial charge on any atom is -0.376 e. The second-order valence-corrected chi connectivity index (χ2v) is 5.96. The van der Waals surface area contributed by atoms with E-state index in [1.165, 1.54) is 11.3 Å². The van der Waals surface area contributed by atoms with Crippen molar-refractivity contribution < 1.29 is 4.74 Å². The van der Waals surface area contributed by atoms with E-state index in [0.29, 0.717) is 6.61 Å². The number of benzene rings is 1. The monoisotopic (exact) mass is 322 g/mol. The molecule has 1 aliphatic rings. The van der Waals surface area contributed by atoms with Crippen LogP contribution in [0.1, 0.15) is 34.3 Å². The molecule has 4 rings (SSSR count). The zero-order chi connectivity index (χ0) is 17.1. The molecule has 0 saturated carbocycles. The molecule has 0 N–H and O–H groups in total. The molecule has 0 amide bonds. The van der Waals surface area contributed by atoms with Crippen LogP contribution >= 0.6 is 0 Å². The Morgan fingerprint density at radius 1 is 0.833 bits per heavy atom. The highest BCUT2D eigenvalue weighted by Gasteiger charge is 2.14. The molecule has 3 heterocycles. The summed E-state index contributed by atoms with van der Waals surface area (Å²) < 4.78 is 5.34. The summed E-state index contributed by atoms with van der Waals surface area (Å²) >= 11 is 0. The summed E-state index contributed by atoms with van der Waals surface area (Å²) in [5.41, 5.74) is 5.51. The number of aromatic nitrogens is 4. The van der Waals surface area contributed by atoms with E-state index in [1.807, 2.05) is 52.0 Å². The second kappa shape index (κ2) is 7.01. The van der Waals surface area contributed by atoms with E-state index in [9.17, 15) is 0 Å². The quantitative estimate of drug-likeness (QED) is 0.635. The van der Waals surface area contributed by atoms with Crippen LogP contribution < -0.4 is 0 Å². The highest BCUT2D eigenvalue weighted by atomic mass is 16.5. The lowest BCUT2D eigenvalue weighted by molar-refractivity contribution is 0.108. The molecule has 0 radical (unpaired) electrons. The maximum Gasteiger partial charge on any atom is 0.126 e. The maximum absolute atomic E-state index is 5.34. The number of aryl methyl sites for hydroxylation is 4. The summed E-state index contributed by atoms with van der Waals surface area (Å²) in [5, 5.41) is 1.14. The first-order valence-corrected chi connectivity index (χ1v) is 8.15. The highest BCUT2D eigenvalue weighted by molar-refractivity contribution is 5.80. The van der Waals surface area contributed by atoms with Gasteiger partial charge in [0.05, 0.1) is 24.4 Å². The predicted molar refractivity (Wildman–Crippen MR) is 93.9 cm³/mol. The minimum atomic E-state index is 0.682. The maximum atomic E-state index is 5.34. The van der Waals surface area contributed by atoms with Crippen LogP contribution in [0.5, 0.6) is 0 Å². The van der Waals surface area contributed by atoms with Gasteiger partial charge in [-0.2, -0.15) is 0 Å². The first-order chi connectivity index (χ1) is 11.5. The van der Waals surface area contributed by atoms with Crippen molar-refractivity contribution in [2.45, 2.75) is 40.7 Å². The van der Waals surface area contributed by atoms with Crippen LogP contribution in [0.25, 0.3) is 10.9 Å². The van der Waals surface area contributed by atoms with Gasteiger partial charge in [0, 0.05) is 28.8 Å². The Balaban J connectivity index is 0.000000141. The Labute approximate surface area is 142 Å². The Hall–Kier alpha value is -2.40. The van der Waals surface area contributed by atoms with E-state index in [0.717, 1.165) is 47.0 Å². The molecule has 1 aliphatic heterocycles. The van der Waals surface area contributed by atoms with Crippen molar-refractivity contribution in [1.82, 2.24) is 19.9 Å². The number of hydrogen-bond acceptors (Lipinski definition) is 5. The molecular weight excluding hydrogens is 300 g/mol. The lowest BCUT2D eigenvalue weighted by Gasteiger charge is -2.17. The van der Waals surface area contributed by atoms with E-state index in [-0.39, 0.29) is 0 Å². The van der Waals surface area contributed by atoms with Crippen LogP contribution in [0.4, 0.5) is 0 Å². The third kappa shape index (κ3) is 3.57. The van der Waals surface area contributed by atoms with Gasteiger partial charge < -0.3 is 4.74 Å². The average molecular weight is 322 g/mol. The molecule has 0 aliphatic carbocycles. The molecule has 0 saturated heterocycles. The normalized spacial score (nSPS) is 13.2. The van der Waals surface area contributed by atoms with Crippen LogP contribution in [0.15, 0.2) is 24.3 Å². The van der Waals surface area contributed by atoms with Crippen molar-refractivity contribution in [3.63, 3.8) is 0 Å². The van der Waals surface area contributed by atoms with Gasteiger partial charge in [0.15, 0.2) is 0 Å². The summed E-state index contributed by atoms with van der Waals surface area (Å²) in [6.45, 7) is 9.35. The Bertz CT molecular complexity index is 877. The van der Waals surface area contributed by atoms with E-state index in [1.54, 1.807) is 0 Å². The molecule has 24 heavy (non-hydrogen) atoms. The van der Waals surface area contributed by atoms with Crippen molar-refractivity contribution in [3.8, 4) is 0 Å². The van der Waals surface area contributed by atoms with Gasteiger partial charge in [-0.1, -0.05) is 18.2 Å². The lowest BCUT2D eigenvalue weighted by atomic mass is 10.1. The van der Waals surface area contributed by atoms with Gasteiger partial charge in [-0.05, 0) is 33.8 Å². The molecule has 0 atom stereocenters. The van der Waals surface area contributed by atoms with Crippen LogP contribution in [-0.2, 0) is 17.8 Å². The largest absolute Gasteiger partial charge is 0.376 e. The zero-order valence-corrected chi connectivity index (χ0v) is 14.6. The van der Waals surface area contributed by atoms with E-state index < -0.39 is 0 Å². The number of ether oxygens (including phenoxy) is 1. The lowest BCUT2D eigenvalue weighted by Crippen LogP contribution is -2.15. The SMILES string of the molecule is Cc1nc(C)c2c(n1)CCOC2.Cc1nc(C)c2ccccc2n1. The van der Waals surface area contributed by atoms with Gasteiger partial charge in [-0.15, -0.1) is 0 Å². The molecule has 0 fully saturated rings. The Morgan fingerprint density at radius 2 is 1.54 bits per heavy atom. The molecular formula is C19H22N4O. The Kier molecular flexibility index (Phi) is 4.81. The molecule has 2 aromatic heterocycles. The van der Waals surface area contributed by atoms with Crippen molar-refractivity contribution in [3.05, 3.63) is 58.6 Å². The average Bonchev–Trinajstić information content (AvgIpc) is 2.55. The second-order valence-electron chi connectivity index (χ2n) is 5.96. The van der Waals surface area contributed by atoms with Gasteiger partial charge in [0.1, 0.15) is 11.6 Å². The third-order valence-corrected chi connectivity index (χ3v) is 4.05. The molecule has 0 bridgehead atoms. The Morgan fingerprint density at radius 3 is 2.38 bits per heavy atom. The molecule has 5 nitrogen and oxygen atoms in total. The topological polar surface area (TPSA) is 60.8 Å². The first-order valence-electron chi connectivity index (χ1n) is 8.15. The third-order valence-electron chi connectivity index (χ3n) is 4.05. The summed E-state index contributed by atoms with van der Waals surface area (Å²) in [5.74, 6) is 1.71. The summed E-state index contributed by atoms with van der Waals surface area (Å²) in [4.78, 5) is 17.3. The van der Waals surface area contributed by atoms with E-state index in [4.69, 9.17) is 4.74 Å². The number of fused-ring (bicyclic) bond motifs is 2. The molecule has 3 aromatic rings. The van der Waals surface area contributed by atoms with Crippen molar-refractivity contribution in [1.29, 1.82) is 0 Å². The number of para-hydroxylation sites is 1. The smallest absolute Gasteiger partial charge is 0.126 e. The fourth-order valence-corrected chi connectivity index (χ4v) is 2.92. The van der Waals surface area contributed by atoms with Crippen molar-refractivity contribution >= 4 is 10.9 Å². The van der Waals surface area contributed by atoms with Crippen LogP contribution in [-0.4, -0.2) is 26.5 Å². The highest BCUT2D eigenvalue weighted by Crippen LogP contribution is 2.17. The number of hydrogen-bond donors (Lipinski definition) is 0. The standard InChI is InChI=1S/C10H10N2.C9H12N2O/c1-7-9-5-3-4-6-10(9)12-8(2)11-7;1-6-8-5-12-4-3-9(8)11-7(2)10-6/h3-6H,1-2H3;3-5H2,1-2H3. The predicted octanol–water partition coefficient (Wildman–Crippen LogP) is 3.41. The van der Waals surface area contributed by atoms with E-state index >= 15 is 0 Å². The summed E-state index contributed by atoms with van der Waals surface area (Å²) in [6.07, 6.45) is 0.930. The number of rotatable bonds is 0. The van der Waals surface area contributed by atoms with Crippen molar-refractivity contribution in [2.75, 3.05) is 6.61 Å². The summed E-state index contributed by atoms with van der Waals surface area (Å²) in [7, 11) is 0. The zero-order valence-electron chi connectivity index (χ0n) is 14.6. The molecule has 5 heteroatoms. The van der Waals surface area contributed by atoms with Crippen molar-refractivity contribution in [2.24, 2.45) is 0 Å². The van der Waals surface area contributed by atoms with Gasteiger partial charge >= 0.3 is 0 Å².